The van der Waals surface area contributed by atoms with Gasteiger partial charge < -0.3 is 10.1 Å². The van der Waals surface area contributed by atoms with Crippen molar-refractivity contribution in [3.63, 3.8) is 0 Å². The molecule has 0 aromatic carbocycles. The van der Waals surface area contributed by atoms with Crippen LogP contribution in [0.1, 0.15) is 16.8 Å². The van der Waals surface area contributed by atoms with Crippen LogP contribution in [0.2, 0.25) is 0 Å². The minimum atomic E-state index is 0.584. The van der Waals surface area contributed by atoms with Crippen LogP contribution < -0.4 is 10.1 Å². The third-order valence-corrected chi connectivity index (χ3v) is 3.41. The van der Waals surface area contributed by atoms with Crippen molar-refractivity contribution in [2.24, 2.45) is 0 Å². The summed E-state index contributed by atoms with van der Waals surface area (Å²) in [5, 5.41) is 3.29. The number of nitrogens with one attached hydrogen (secondary N) is 1. The number of aromatic nitrogens is 4. The van der Waals surface area contributed by atoms with Crippen LogP contribution in [0.15, 0.2) is 30.6 Å². The predicted octanol–water partition coefficient (Wildman–Crippen LogP) is 2.66. The maximum Gasteiger partial charge on any atom is 0.218 e. The standard InChI is InChI=1S/C16H17N5O/c1-10-8-11(2)20-16(22-3)12(10)9-19-14-5-4-13-15(21-14)18-7-6-17-13/h4-8H,9H2,1-3H3,(H,18,19,21). The van der Waals surface area contributed by atoms with Gasteiger partial charge in [0, 0.05) is 30.2 Å². The SMILES string of the molecule is COc1nc(C)cc(C)c1CNc1ccc2nccnc2n1. The molecule has 1 N–H and O–H groups in total. The summed E-state index contributed by atoms with van der Waals surface area (Å²) in [4.78, 5) is 17.3. The Bertz CT molecular complexity index is 819. The van der Waals surface area contributed by atoms with Crippen LogP contribution in [0.5, 0.6) is 5.88 Å². The highest BCUT2D eigenvalue weighted by Gasteiger charge is 2.10. The lowest BCUT2D eigenvalue weighted by Crippen LogP contribution is -2.07. The molecule has 0 spiro atoms. The Morgan fingerprint density at radius 3 is 2.73 bits per heavy atom. The van der Waals surface area contributed by atoms with Gasteiger partial charge in [0.25, 0.3) is 0 Å². The lowest BCUT2D eigenvalue weighted by molar-refractivity contribution is 0.391. The molecule has 0 aliphatic heterocycles. The molecule has 0 aliphatic carbocycles. The Kier molecular flexibility index (Phi) is 3.82. The first-order valence-corrected chi connectivity index (χ1v) is 7.00. The zero-order valence-electron chi connectivity index (χ0n) is 12.8. The zero-order valence-corrected chi connectivity index (χ0v) is 12.8. The van der Waals surface area contributed by atoms with Crippen molar-refractivity contribution in [1.29, 1.82) is 0 Å². The highest BCUT2D eigenvalue weighted by atomic mass is 16.5. The molecule has 0 saturated carbocycles. The molecule has 0 unspecified atom stereocenters. The number of ether oxygens (including phenoxy) is 1. The zero-order chi connectivity index (χ0) is 15.5. The van der Waals surface area contributed by atoms with E-state index in [4.69, 9.17) is 4.74 Å². The van der Waals surface area contributed by atoms with Gasteiger partial charge in [-0.1, -0.05) is 0 Å². The summed E-state index contributed by atoms with van der Waals surface area (Å²) >= 11 is 0. The summed E-state index contributed by atoms with van der Waals surface area (Å²) in [6, 6.07) is 5.83. The molecule has 0 bridgehead atoms. The van der Waals surface area contributed by atoms with Gasteiger partial charge in [-0.15, -0.1) is 0 Å². The molecular formula is C16H17N5O. The Balaban J connectivity index is 1.85. The van der Waals surface area contributed by atoms with Crippen molar-refractivity contribution in [3.05, 3.63) is 47.4 Å². The number of anilines is 1. The minimum Gasteiger partial charge on any atom is -0.481 e. The van der Waals surface area contributed by atoms with E-state index in [1.807, 2.05) is 32.0 Å². The maximum absolute atomic E-state index is 5.37. The van der Waals surface area contributed by atoms with E-state index in [0.29, 0.717) is 18.1 Å². The van der Waals surface area contributed by atoms with E-state index < -0.39 is 0 Å². The predicted molar refractivity (Wildman–Crippen MR) is 84.9 cm³/mol. The van der Waals surface area contributed by atoms with Crippen LogP contribution >= 0.6 is 0 Å². The van der Waals surface area contributed by atoms with E-state index >= 15 is 0 Å². The molecule has 0 amide bonds. The van der Waals surface area contributed by atoms with E-state index in [0.717, 1.165) is 28.2 Å². The molecule has 112 valence electrons. The largest absolute Gasteiger partial charge is 0.481 e. The van der Waals surface area contributed by atoms with E-state index in [1.54, 1.807) is 19.5 Å². The summed E-state index contributed by atoms with van der Waals surface area (Å²) in [7, 11) is 1.63. The average molecular weight is 295 g/mol. The van der Waals surface area contributed by atoms with Gasteiger partial charge >= 0.3 is 0 Å². The molecule has 3 aromatic heterocycles. The van der Waals surface area contributed by atoms with Crippen LogP contribution in [0, 0.1) is 13.8 Å². The number of rotatable bonds is 4. The lowest BCUT2D eigenvalue weighted by Gasteiger charge is -2.13. The molecule has 3 rings (SSSR count). The van der Waals surface area contributed by atoms with Gasteiger partial charge in [0.1, 0.15) is 11.3 Å². The van der Waals surface area contributed by atoms with Gasteiger partial charge in [-0.25, -0.2) is 15.0 Å². The first-order valence-electron chi connectivity index (χ1n) is 7.00. The smallest absolute Gasteiger partial charge is 0.218 e. The lowest BCUT2D eigenvalue weighted by atomic mass is 10.1. The fourth-order valence-corrected chi connectivity index (χ4v) is 2.34. The number of pyridine rings is 2. The summed E-state index contributed by atoms with van der Waals surface area (Å²) in [5.74, 6) is 1.39. The van der Waals surface area contributed by atoms with E-state index in [9.17, 15) is 0 Å². The molecule has 0 fully saturated rings. The first-order chi connectivity index (χ1) is 10.7. The third kappa shape index (κ3) is 2.81. The van der Waals surface area contributed by atoms with Crippen LogP contribution in [-0.2, 0) is 6.54 Å². The molecule has 3 aromatic rings. The molecule has 0 saturated heterocycles. The summed E-state index contributed by atoms with van der Waals surface area (Å²) in [5.41, 5.74) is 4.50. The van der Waals surface area contributed by atoms with Gasteiger partial charge in [0.2, 0.25) is 5.88 Å². The number of hydrogen-bond acceptors (Lipinski definition) is 6. The van der Waals surface area contributed by atoms with Crippen molar-refractivity contribution in [2.75, 3.05) is 12.4 Å². The van der Waals surface area contributed by atoms with Gasteiger partial charge in [0.15, 0.2) is 5.65 Å². The van der Waals surface area contributed by atoms with Crippen molar-refractivity contribution in [1.82, 2.24) is 19.9 Å². The van der Waals surface area contributed by atoms with Crippen molar-refractivity contribution >= 4 is 17.0 Å². The molecule has 22 heavy (non-hydrogen) atoms. The molecule has 0 atom stereocenters. The monoisotopic (exact) mass is 295 g/mol. The fourth-order valence-electron chi connectivity index (χ4n) is 2.34. The molecular weight excluding hydrogens is 278 g/mol. The average Bonchev–Trinajstić information content (AvgIpc) is 2.53. The van der Waals surface area contributed by atoms with E-state index in [-0.39, 0.29) is 0 Å². The molecule has 0 aliphatic rings. The minimum absolute atomic E-state index is 0.584. The second-order valence-electron chi connectivity index (χ2n) is 5.02. The van der Waals surface area contributed by atoms with E-state index in [1.165, 1.54) is 0 Å². The van der Waals surface area contributed by atoms with Crippen LogP contribution in [0.3, 0.4) is 0 Å². The second-order valence-corrected chi connectivity index (χ2v) is 5.02. The highest BCUT2D eigenvalue weighted by Crippen LogP contribution is 2.22. The summed E-state index contributed by atoms with van der Waals surface area (Å²) in [6.07, 6.45) is 3.29. The Morgan fingerprint density at radius 1 is 1.09 bits per heavy atom. The van der Waals surface area contributed by atoms with Gasteiger partial charge in [-0.05, 0) is 37.6 Å². The number of nitrogens with zero attached hydrogens (tertiary/aromatic N) is 4. The quantitative estimate of drug-likeness (QED) is 0.797. The third-order valence-electron chi connectivity index (χ3n) is 3.41. The van der Waals surface area contributed by atoms with Crippen LogP contribution in [-0.4, -0.2) is 27.0 Å². The summed E-state index contributed by atoms with van der Waals surface area (Å²) in [6.45, 7) is 4.59. The van der Waals surface area contributed by atoms with Crippen molar-refractivity contribution < 1.29 is 4.74 Å². The second kappa shape index (κ2) is 5.93. The first kappa shape index (κ1) is 14.2. The van der Waals surface area contributed by atoms with Crippen molar-refractivity contribution in [3.8, 4) is 5.88 Å². The Hall–Kier alpha value is -2.76. The molecule has 6 nitrogen and oxygen atoms in total. The normalized spacial score (nSPS) is 10.7. The van der Waals surface area contributed by atoms with Gasteiger partial charge in [-0.3, -0.25) is 4.98 Å². The van der Waals surface area contributed by atoms with Gasteiger partial charge in [0.05, 0.1) is 7.11 Å². The number of aryl methyl sites for hydroxylation is 2. The van der Waals surface area contributed by atoms with Crippen LogP contribution in [0.4, 0.5) is 5.82 Å². The van der Waals surface area contributed by atoms with Crippen LogP contribution in [0.25, 0.3) is 11.2 Å². The number of hydrogen-bond donors (Lipinski definition) is 1. The summed E-state index contributed by atoms with van der Waals surface area (Å²) < 4.78 is 5.37. The fraction of sp³-hybridized carbons (Fsp3) is 0.250. The Morgan fingerprint density at radius 2 is 1.91 bits per heavy atom. The number of fused-ring (bicyclic) bond motifs is 1. The van der Waals surface area contributed by atoms with E-state index in [2.05, 4.69) is 25.3 Å². The Labute approximate surface area is 128 Å². The van der Waals surface area contributed by atoms with Gasteiger partial charge in [-0.2, -0.15) is 0 Å². The molecule has 3 heterocycles. The molecule has 6 heteroatoms. The topological polar surface area (TPSA) is 72.8 Å². The highest BCUT2D eigenvalue weighted by molar-refractivity contribution is 5.71. The van der Waals surface area contributed by atoms with Crippen molar-refractivity contribution in [2.45, 2.75) is 20.4 Å². The number of methoxy groups -OCH3 is 1. The maximum atomic E-state index is 5.37. The molecule has 0 radical (unpaired) electrons.